The number of para-hydroxylation sites is 1. The third kappa shape index (κ3) is 2.20. The van der Waals surface area contributed by atoms with E-state index in [9.17, 15) is 4.39 Å². The number of fused-ring (bicyclic) bond motifs is 1. The van der Waals surface area contributed by atoms with E-state index in [-0.39, 0.29) is 5.92 Å². The Morgan fingerprint density at radius 2 is 1.70 bits per heavy atom. The summed E-state index contributed by atoms with van der Waals surface area (Å²) < 4.78 is 20.4. The molecule has 2 aromatic carbocycles. The molecule has 2 nitrogen and oxygen atoms in total. The molecule has 0 spiro atoms. The van der Waals surface area contributed by atoms with Gasteiger partial charge >= 0.3 is 0 Å². The van der Waals surface area contributed by atoms with Crippen LogP contribution in [0.1, 0.15) is 30.9 Å². The van der Waals surface area contributed by atoms with E-state index in [2.05, 4.69) is 4.99 Å². The Kier molecular flexibility index (Phi) is 3.05. The molecule has 0 aromatic heterocycles. The van der Waals surface area contributed by atoms with Gasteiger partial charge < -0.3 is 4.74 Å². The highest BCUT2D eigenvalue weighted by Gasteiger charge is 2.38. The highest BCUT2D eigenvalue weighted by Crippen LogP contribution is 2.40. The Morgan fingerprint density at radius 3 is 2.45 bits per heavy atom. The second kappa shape index (κ2) is 4.75. The zero-order valence-corrected chi connectivity index (χ0v) is 11.5. The topological polar surface area (TPSA) is 21.6 Å². The van der Waals surface area contributed by atoms with Crippen molar-refractivity contribution >= 4 is 11.6 Å². The molecule has 2 aromatic rings. The molecule has 102 valence electrons. The van der Waals surface area contributed by atoms with Gasteiger partial charge in [-0.1, -0.05) is 43.3 Å². The fraction of sp³-hybridized carbons (Fsp3) is 0.235. The number of rotatable bonds is 1. The van der Waals surface area contributed by atoms with E-state index in [1.165, 1.54) is 6.92 Å². The van der Waals surface area contributed by atoms with Gasteiger partial charge in [0, 0.05) is 12.5 Å². The number of ether oxygens (including phenoxy) is 1. The Morgan fingerprint density at radius 1 is 1.05 bits per heavy atom. The summed E-state index contributed by atoms with van der Waals surface area (Å²) in [6.07, 6.45) is 0. The Hall–Kier alpha value is -2.16. The van der Waals surface area contributed by atoms with Crippen molar-refractivity contribution in [3.05, 3.63) is 65.7 Å². The minimum Gasteiger partial charge on any atom is -0.440 e. The number of benzene rings is 2. The quantitative estimate of drug-likeness (QED) is 0.742. The minimum atomic E-state index is -1.79. The molecule has 3 rings (SSSR count). The summed E-state index contributed by atoms with van der Waals surface area (Å²) in [7, 11) is 0. The molecule has 1 heterocycles. The Bertz CT molecular complexity index is 649. The summed E-state index contributed by atoms with van der Waals surface area (Å²) >= 11 is 0. The fourth-order valence-electron chi connectivity index (χ4n) is 2.35. The molecule has 1 aliphatic heterocycles. The third-order valence-corrected chi connectivity index (χ3v) is 3.72. The second-order valence-electron chi connectivity index (χ2n) is 5.15. The van der Waals surface area contributed by atoms with Crippen LogP contribution < -0.4 is 0 Å². The van der Waals surface area contributed by atoms with Crippen molar-refractivity contribution in [3.8, 4) is 0 Å². The molecule has 3 heteroatoms. The van der Waals surface area contributed by atoms with Crippen molar-refractivity contribution in [1.29, 1.82) is 0 Å². The molecule has 0 saturated heterocycles. The van der Waals surface area contributed by atoms with E-state index in [0.29, 0.717) is 5.90 Å². The predicted octanol–water partition coefficient (Wildman–Crippen LogP) is 4.58. The lowest BCUT2D eigenvalue weighted by Crippen LogP contribution is -2.31. The molecule has 1 aliphatic rings. The van der Waals surface area contributed by atoms with Crippen LogP contribution in [0.4, 0.5) is 10.1 Å². The van der Waals surface area contributed by atoms with Crippen molar-refractivity contribution < 1.29 is 9.13 Å². The first-order valence-electron chi connectivity index (χ1n) is 6.69. The van der Waals surface area contributed by atoms with E-state index >= 15 is 0 Å². The van der Waals surface area contributed by atoms with E-state index in [1.54, 1.807) is 0 Å². The van der Waals surface area contributed by atoms with Crippen LogP contribution in [0, 0.1) is 0 Å². The monoisotopic (exact) mass is 269 g/mol. The largest absolute Gasteiger partial charge is 0.440 e. The third-order valence-electron chi connectivity index (χ3n) is 3.72. The first-order chi connectivity index (χ1) is 9.58. The van der Waals surface area contributed by atoms with E-state index in [4.69, 9.17) is 4.74 Å². The lowest BCUT2D eigenvalue weighted by atomic mass is 9.93. The maximum Gasteiger partial charge on any atom is 0.254 e. The smallest absolute Gasteiger partial charge is 0.254 e. The summed E-state index contributed by atoms with van der Waals surface area (Å²) in [5.41, 5.74) is 2.41. The molecular formula is C17H16FNO. The van der Waals surface area contributed by atoms with Gasteiger partial charge in [0.2, 0.25) is 5.90 Å². The number of aliphatic imine (C=N–C) groups is 1. The SMILES string of the molecule is C[C@@H]1c2ccccc2N=C(c2ccccc2)O[C@@]1(C)F. The maximum absolute atomic E-state index is 14.8. The van der Waals surface area contributed by atoms with Crippen LogP contribution in [-0.4, -0.2) is 11.8 Å². The van der Waals surface area contributed by atoms with Crippen LogP contribution in [-0.2, 0) is 4.74 Å². The van der Waals surface area contributed by atoms with Gasteiger partial charge in [0.1, 0.15) is 0 Å². The maximum atomic E-state index is 14.8. The Labute approximate surface area is 117 Å². The van der Waals surface area contributed by atoms with Crippen LogP contribution in [0.2, 0.25) is 0 Å². The molecule has 2 atom stereocenters. The van der Waals surface area contributed by atoms with Gasteiger partial charge in [0.25, 0.3) is 5.85 Å². The number of hydrogen-bond acceptors (Lipinski definition) is 2. The van der Waals surface area contributed by atoms with Crippen LogP contribution in [0.5, 0.6) is 0 Å². The van der Waals surface area contributed by atoms with E-state index in [1.807, 2.05) is 61.5 Å². The highest BCUT2D eigenvalue weighted by molar-refractivity contribution is 5.96. The van der Waals surface area contributed by atoms with Gasteiger partial charge in [0.05, 0.1) is 11.6 Å². The zero-order chi connectivity index (χ0) is 14.2. The van der Waals surface area contributed by atoms with Crippen molar-refractivity contribution in [3.63, 3.8) is 0 Å². The van der Waals surface area contributed by atoms with Crippen LogP contribution >= 0.6 is 0 Å². The van der Waals surface area contributed by atoms with Crippen molar-refractivity contribution in [2.75, 3.05) is 0 Å². The molecule has 0 N–H and O–H groups in total. The van der Waals surface area contributed by atoms with Crippen LogP contribution in [0.25, 0.3) is 0 Å². The van der Waals surface area contributed by atoms with E-state index in [0.717, 1.165) is 16.8 Å². The summed E-state index contributed by atoms with van der Waals surface area (Å²) in [6, 6.07) is 17.0. The van der Waals surface area contributed by atoms with Gasteiger partial charge in [-0.25, -0.2) is 4.99 Å². The molecule has 20 heavy (non-hydrogen) atoms. The normalized spacial score (nSPS) is 25.1. The first kappa shape index (κ1) is 12.9. The molecule has 0 unspecified atom stereocenters. The second-order valence-corrected chi connectivity index (χ2v) is 5.15. The van der Waals surface area contributed by atoms with Gasteiger partial charge in [-0.05, 0) is 23.8 Å². The average molecular weight is 269 g/mol. The van der Waals surface area contributed by atoms with Gasteiger partial charge in [-0.15, -0.1) is 0 Å². The van der Waals surface area contributed by atoms with Crippen molar-refractivity contribution in [2.24, 2.45) is 4.99 Å². The molecule has 0 radical (unpaired) electrons. The number of alkyl halides is 1. The van der Waals surface area contributed by atoms with Gasteiger partial charge in [0.15, 0.2) is 0 Å². The van der Waals surface area contributed by atoms with Crippen molar-refractivity contribution in [2.45, 2.75) is 25.6 Å². The number of halogens is 1. The van der Waals surface area contributed by atoms with Gasteiger partial charge in [-0.2, -0.15) is 4.39 Å². The summed E-state index contributed by atoms with van der Waals surface area (Å²) in [5, 5.41) is 0. The Balaban J connectivity index is 2.16. The molecule has 0 aliphatic carbocycles. The lowest BCUT2D eigenvalue weighted by Gasteiger charge is -2.27. The van der Waals surface area contributed by atoms with E-state index < -0.39 is 5.85 Å². The number of hydrogen-bond donors (Lipinski definition) is 0. The molecule has 0 saturated carbocycles. The minimum absolute atomic E-state index is 0.326. The summed E-state index contributed by atoms with van der Waals surface area (Å²) in [4.78, 5) is 4.51. The summed E-state index contributed by atoms with van der Waals surface area (Å²) in [6.45, 7) is 3.28. The van der Waals surface area contributed by atoms with Crippen molar-refractivity contribution in [1.82, 2.24) is 0 Å². The lowest BCUT2D eigenvalue weighted by molar-refractivity contribution is -0.0728. The first-order valence-corrected chi connectivity index (χ1v) is 6.69. The fourth-order valence-corrected chi connectivity index (χ4v) is 2.35. The predicted molar refractivity (Wildman–Crippen MR) is 78.1 cm³/mol. The molecule has 0 bridgehead atoms. The highest BCUT2D eigenvalue weighted by atomic mass is 19.2. The summed E-state index contributed by atoms with van der Waals surface area (Å²) in [5.74, 6) is -1.85. The van der Waals surface area contributed by atoms with Crippen LogP contribution in [0.3, 0.4) is 0 Å². The molecule has 0 fully saturated rings. The zero-order valence-electron chi connectivity index (χ0n) is 11.5. The average Bonchev–Trinajstić information content (AvgIpc) is 2.56. The standard InChI is InChI=1S/C17H16FNO/c1-12-14-10-6-7-11-15(14)19-16(20-17(12,2)18)13-8-4-3-5-9-13/h3-12H,1-2H3/t12-,17-/m1/s1. The van der Waals surface area contributed by atoms with Crippen LogP contribution in [0.15, 0.2) is 59.6 Å². The molecule has 0 amide bonds. The number of nitrogens with zero attached hydrogens (tertiary/aromatic N) is 1. The van der Waals surface area contributed by atoms with Gasteiger partial charge in [-0.3, -0.25) is 0 Å². The molecular weight excluding hydrogens is 253 g/mol.